The van der Waals surface area contributed by atoms with Crippen LogP contribution >= 0.6 is 0 Å². The van der Waals surface area contributed by atoms with Gasteiger partial charge in [0.15, 0.2) is 0 Å². The summed E-state index contributed by atoms with van der Waals surface area (Å²) in [5.41, 5.74) is -0.0550. The lowest BCUT2D eigenvalue weighted by Crippen LogP contribution is -2.63. The Balaban J connectivity index is 2.06. The van der Waals surface area contributed by atoms with Crippen LogP contribution in [0.3, 0.4) is 0 Å². The van der Waals surface area contributed by atoms with Crippen molar-refractivity contribution in [2.75, 3.05) is 28.4 Å². The van der Waals surface area contributed by atoms with Crippen LogP contribution in [-0.4, -0.2) is 52.1 Å². The molecule has 8 heteroatoms. The second-order valence-electron chi connectivity index (χ2n) is 9.56. The van der Waals surface area contributed by atoms with Crippen LogP contribution in [-0.2, 0) is 38.1 Å². The molecule has 2 fully saturated rings. The molecule has 2 aliphatic rings. The van der Waals surface area contributed by atoms with Crippen LogP contribution in [0.4, 0.5) is 0 Å². The number of fused-ring (bicyclic) bond motifs is 1. The summed E-state index contributed by atoms with van der Waals surface area (Å²) in [6.45, 7) is 3.92. The number of carbonyl (C=O) groups excluding carboxylic acids is 3. The van der Waals surface area contributed by atoms with Crippen molar-refractivity contribution in [3.63, 3.8) is 0 Å². The maximum Gasteiger partial charge on any atom is 0.328 e. The fourth-order valence-electron chi connectivity index (χ4n) is 6.22. The van der Waals surface area contributed by atoms with Gasteiger partial charge in [0.1, 0.15) is 5.41 Å². The molecule has 1 aliphatic heterocycles. The Kier molecular flexibility index (Phi) is 6.70. The standard InChI is InChI=1S/C28H32O8/c1-17-7-11-19(12-8-17)21-15-27(24(30)33-4,25(31)34-5)28(35-6)26(21,23(29)32-3)16-22(36-28)20-13-9-18(2)10-14-20/h7-14,21-22H,15-16H2,1-6H3/t21-,22-,26+,28+/m0/s1. The summed E-state index contributed by atoms with van der Waals surface area (Å²) >= 11 is 0. The molecule has 4 atom stereocenters. The number of hydrogen-bond donors (Lipinski definition) is 0. The van der Waals surface area contributed by atoms with Crippen molar-refractivity contribution in [1.82, 2.24) is 0 Å². The minimum absolute atomic E-state index is 0.116. The van der Waals surface area contributed by atoms with E-state index < -0.39 is 46.5 Å². The topological polar surface area (TPSA) is 97.4 Å². The van der Waals surface area contributed by atoms with Crippen LogP contribution < -0.4 is 0 Å². The van der Waals surface area contributed by atoms with E-state index in [4.69, 9.17) is 23.7 Å². The highest BCUT2D eigenvalue weighted by Gasteiger charge is 2.87. The summed E-state index contributed by atoms with van der Waals surface area (Å²) in [6, 6.07) is 15.3. The second-order valence-corrected chi connectivity index (χ2v) is 9.56. The van der Waals surface area contributed by atoms with Crippen LogP contribution in [0.25, 0.3) is 0 Å². The zero-order valence-electron chi connectivity index (χ0n) is 21.5. The molecule has 0 bridgehead atoms. The van der Waals surface area contributed by atoms with E-state index in [9.17, 15) is 14.4 Å². The number of benzene rings is 2. The highest BCUT2D eigenvalue weighted by molar-refractivity contribution is 6.04. The number of ether oxygens (including phenoxy) is 5. The molecule has 0 aromatic heterocycles. The van der Waals surface area contributed by atoms with E-state index >= 15 is 0 Å². The van der Waals surface area contributed by atoms with Gasteiger partial charge in [0, 0.05) is 13.0 Å². The Bertz CT molecular complexity index is 1140. The number of methoxy groups -OCH3 is 4. The summed E-state index contributed by atoms with van der Waals surface area (Å²) in [4.78, 5) is 41.0. The molecule has 0 unspecified atom stereocenters. The first-order chi connectivity index (χ1) is 17.2. The molecule has 36 heavy (non-hydrogen) atoms. The van der Waals surface area contributed by atoms with Gasteiger partial charge in [0.25, 0.3) is 0 Å². The molecule has 2 aromatic rings. The average Bonchev–Trinajstić information content (AvgIpc) is 3.38. The molecule has 192 valence electrons. The van der Waals surface area contributed by atoms with Crippen molar-refractivity contribution < 1.29 is 38.1 Å². The lowest BCUT2D eigenvalue weighted by molar-refractivity contribution is -0.294. The van der Waals surface area contributed by atoms with Crippen molar-refractivity contribution in [3.05, 3.63) is 70.8 Å². The number of aryl methyl sites for hydroxylation is 2. The van der Waals surface area contributed by atoms with E-state index in [1.807, 2.05) is 62.4 Å². The number of carbonyl (C=O) groups is 3. The fourth-order valence-corrected chi connectivity index (χ4v) is 6.22. The Hall–Kier alpha value is -3.23. The molecule has 1 heterocycles. The van der Waals surface area contributed by atoms with Crippen molar-refractivity contribution >= 4 is 17.9 Å². The lowest BCUT2D eigenvalue weighted by Gasteiger charge is -2.43. The first-order valence-electron chi connectivity index (χ1n) is 11.8. The van der Waals surface area contributed by atoms with Crippen molar-refractivity contribution in [3.8, 4) is 0 Å². The predicted molar refractivity (Wildman–Crippen MR) is 129 cm³/mol. The van der Waals surface area contributed by atoms with E-state index in [1.165, 1.54) is 28.4 Å². The van der Waals surface area contributed by atoms with Gasteiger partial charge in [-0.15, -0.1) is 0 Å². The highest BCUT2D eigenvalue weighted by atomic mass is 16.7. The van der Waals surface area contributed by atoms with Gasteiger partial charge in [-0.1, -0.05) is 59.7 Å². The molecule has 1 saturated carbocycles. The molecule has 1 saturated heterocycles. The number of hydrogen-bond acceptors (Lipinski definition) is 8. The van der Waals surface area contributed by atoms with Gasteiger partial charge in [0.05, 0.1) is 27.4 Å². The molecule has 8 nitrogen and oxygen atoms in total. The minimum Gasteiger partial charge on any atom is -0.468 e. The lowest BCUT2D eigenvalue weighted by atomic mass is 9.67. The van der Waals surface area contributed by atoms with Gasteiger partial charge >= 0.3 is 17.9 Å². The Morgan fingerprint density at radius 3 is 1.64 bits per heavy atom. The second kappa shape index (κ2) is 9.33. The van der Waals surface area contributed by atoms with Gasteiger partial charge in [-0.3, -0.25) is 14.4 Å². The molecule has 4 rings (SSSR count). The Morgan fingerprint density at radius 1 is 0.722 bits per heavy atom. The summed E-state index contributed by atoms with van der Waals surface area (Å²) in [7, 11) is 4.97. The third kappa shape index (κ3) is 3.31. The first kappa shape index (κ1) is 25.9. The summed E-state index contributed by atoms with van der Waals surface area (Å²) in [6.07, 6.45) is -0.685. The maximum absolute atomic E-state index is 13.9. The largest absolute Gasteiger partial charge is 0.468 e. The van der Waals surface area contributed by atoms with Gasteiger partial charge in [-0.05, 0) is 37.8 Å². The van der Waals surface area contributed by atoms with E-state index in [0.717, 1.165) is 22.3 Å². The third-order valence-corrected chi connectivity index (χ3v) is 7.90. The van der Waals surface area contributed by atoms with E-state index in [1.54, 1.807) is 0 Å². The van der Waals surface area contributed by atoms with Crippen LogP contribution in [0.2, 0.25) is 0 Å². The number of esters is 3. The molecular formula is C28H32O8. The zero-order chi connectivity index (χ0) is 26.3. The zero-order valence-corrected chi connectivity index (χ0v) is 21.5. The van der Waals surface area contributed by atoms with Crippen LogP contribution in [0, 0.1) is 24.7 Å². The maximum atomic E-state index is 13.9. The molecule has 0 radical (unpaired) electrons. The molecule has 2 aromatic carbocycles. The minimum atomic E-state index is -2.09. The van der Waals surface area contributed by atoms with Crippen LogP contribution in [0.15, 0.2) is 48.5 Å². The van der Waals surface area contributed by atoms with Crippen molar-refractivity contribution in [2.24, 2.45) is 10.8 Å². The van der Waals surface area contributed by atoms with Gasteiger partial charge in [-0.2, -0.15) is 0 Å². The SMILES string of the molecule is COC(=O)C1(C(=O)OC)C[C@@H](c2ccc(C)cc2)[C@@]2(C(=O)OC)C[C@@H](c3ccc(C)cc3)O[C@@]12OC. The molecule has 0 spiro atoms. The van der Waals surface area contributed by atoms with Crippen LogP contribution in [0.5, 0.6) is 0 Å². The van der Waals surface area contributed by atoms with Crippen LogP contribution in [0.1, 0.15) is 47.1 Å². The van der Waals surface area contributed by atoms with Gasteiger partial charge in [-0.25, -0.2) is 0 Å². The highest BCUT2D eigenvalue weighted by Crippen LogP contribution is 2.73. The summed E-state index contributed by atoms with van der Waals surface area (Å²) < 4.78 is 28.3. The smallest absolute Gasteiger partial charge is 0.328 e. The third-order valence-electron chi connectivity index (χ3n) is 7.90. The molecular weight excluding hydrogens is 464 g/mol. The fraction of sp³-hybridized carbons (Fsp3) is 0.464. The average molecular weight is 497 g/mol. The normalized spacial score (nSPS) is 28.3. The van der Waals surface area contributed by atoms with Crippen molar-refractivity contribution in [2.45, 2.75) is 44.5 Å². The van der Waals surface area contributed by atoms with Crippen molar-refractivity contribution in [1.29, 1.82) is 0 Å². The Labute approximate surface area is 210 Å². The van der Waals surface area contributed by atoms with E-state index in [-0.39, 0.29) is 12.8 Å². The molecule has 1 aliphatic carbocycles. The van der Waals surface area contributed by atoms with Gasteiger partial charge < -0.3 is 23.7 Å². The summed E-state index contributed by atoms with van der Waals surface area (Å²) in [5.74, 6) is -5.18. The van der Waals surface area contributed by atoms with E-state index in [0.29, 0.717) is 0 Å². The Morgan fingerprint density at radius 2 is 1.19 bits per heavy atom. The first-order valence-corrected chi connectivity index (χ1v) is 11.8. The molecule has 0 N–H and O–H groups in total. The monoisotopic (exact) mass is 496 g/mol. The summed E-state index contributed by atoms with van der Waals surface area (Å²) in [5, 5.41) is 0. The molecule has 0 amide bonds. The van der Waals surface area contributed by atoms with E-state index in [2.05, 4.69) is 0 Å². The quantitative estimate of drug-likeness (QED) is 0.339. The van der Waals surface area contributed by atoms with Gasteiger partial charge in [0.2, 0.25) is 11.2 Å². The number of rotatable bonds is 6. The predicted octanol–water partition coefficient (Wildman–Crippen LogP) is 3.79.